The first kappa shape index (κ1) is 20.0. The molecule has 0 spiro atoms. The number of aryl methyl sites for hydroxylation is 2. The van der Waals surface area contributed by atoms with Crippen LogP contribution in [0.2, 0.25) is 0 Å². The van der Waals surface area contributed by atoms with Crippen molar-refractivity contribution in [3.05, 3.63) is 34.8 Å². The molecular weight excluding hydrogens is 376 g/mol. The molecule has 0 aliphatic heterocycles. The molecule has 0 saturated heterocycles. The molecule has 1 unspecified atom stereocenters. The van der Waals surface area contributed by atoms with Gasteiger partial charge in [0.2, 0.25) is 16.9 Å². The summed E-state index contributed by atoms with van der Waals surface area (Å²) >= 11 is 1.18. The Labute approximate surface area is 156 Å². The summed E-state index contributed by atoms with van der Waals surface area (Å²) in [7, 11) is -3.98. The number of benzene rings is 1. The van der Waals surface area contributed by atoms with Crippen LogP contribution >= 0.6 is 11.3 Å². The number of amides is 2. The van der Waals surface area contributed by atoms with Gasteiger partial charge in [-0.25, -0.2) is 8.42 Å². The van der Waals surface area contributed by atoms with E-state index in [1.165, 1.54) is 18.3 Å². The largest absolute Gasteiger partial charge is 0.325 e. The minimum atomic E-state index is -3.98. The highest BCUT2D eigenvalue weighted by Crippen LogP contribution is 2.17. The molecular formula is C16H20N4O4S2. The molecule has 0 saturated carbocycles. The molecule has 0 aliphatic carbocycles. The molecule has 2 rings (SSSR count). The molecule has 140 valence electrons. The Hall–Kier alpha value is -2.33. The summed E-state index contributed by atoms with van der Waals surface area (Å²) in [4.78, 5) is 24.2. The standard InChI is InChI=1S/C16H20N4O4S2/c1-4-14-19-20-16(25-14)18-15(22)11(3)26(23,24)9-13(21)17-12-7-5-6-10(2)8-12/h5-8,11H,4,9H2,1-3H3,(H,17,21)(H,18,20,22). The van der Waals surface area contributed by atoms with Crippen LogP contribution in [0.4, 0.5) is 10.8 Å². The minimum absolute atomic E-state index is 0.234. The van der Waals surface area contributed by atoms with Crippen molar-refractivity contribution in [3.63, 3.8) is 0 Å². The Bertz CT molecular complexity index is 908. The van der Waals surface area contributed by atoms with Crippen LogP contribution in [-0.2, 0) is 25.8 Å². The Morgan fingerprint density at radius 2 is 1.96 bits per heavy atom. The monoisotopic (exact) mass is 396 g/mol. The normalized spacial score (nSPS) is 12.4. The fraction of sp³-hybridized carbons (Fsp3) is 0.375. The number of hydrogen-bond acceptors (Lipinski definition) is 7. The van der Waals surface area contributed by atoms with E-state index >= 15 is 0 Å². The first-order chi connectivity index (χ1) is 12.2. The molecule has 2 aromatic rings. The second-order valence-corrected chi connectivity index (χ2v) is 9.09. The van der Waals surface area contributed by atoms with E-state index in [0.717, 1.165) is 10.6 Å². The van der Waals surface area contributed by atoms with Crippen molar-refractivity contribution in [3.8, 4) is 0 Å². The van der Waals surface area contributed by atoms with Gasteiger partial charge in [-0.2, -0.15) is 0 Å². The molecule has 0 radical (unpaired) electrons. The summed E-state index contributed by atoms with van der Waals surface area (Å²) in [5.74, 6) is -2.22. The van der Waals surface area contributed by atoms with E-state index in [9.17, 15) is 18.0 Å². The van der Waals surface area contributed by atoms with Gasteiger partial charge >= 0.3 is 0 Å². The molecule has 2 N–H and O–H groups in total. The minimum Gasteiger partial charge on any atom is -0.325 e. The Balaban J connectivity index is 1.98. The Morgan fingerprint density at radius 1 is 1.23 bits per heavy atom. The first-order valence-electron chi connectivity index (χ1n) is 7.92. The predicted molar refractivity (Wildman–Crippen MR) is 101 cm³/mol. The quantitative estimate of drug-likeness (QED) is 0.737. The number of nitrogens with zero attached hydrogens (tertiary/aromatic N) is 2. The molecule has 0 bridgehead atoms. The summed E-state index contributed by atoms with van der Waals surface area (Å²) in [6.07, 6.45) is 0.667. The van der Waals surface area contributed by atoms with Crippen LogP contribution in [0.25, 0.3) is 0 Å². The SMILES string of the molecule is CCc1nnc(NC(=O)C(C)S(=O)(=O)CC(=O)Nc2cccc(C)c2)s1. The van der Waals surface area contributed by atoms with Crippen molar-refractivity contribution >= 4 is 43.8 Å². The van der Waals surface area contributed by atoms with Crippen LogP contribution < -0.4 is 10.6 Å². The van der Waals surface area contributed by atoms with Crippen molar-refractivity contribution in [1.82, 2.24) is 10.2 Å². The summed E-state index contributed by atoms with van der Waals surface area (Å²) in [5, 5.41) is 12.2. The maximum absolute atomic E-state index is 12.3. The van der Waals surface area contributed by atoms with E-state index in [2.05, 4.69) is 20.8 Å². The fourth-order valence-corrected chi connectivity index (χ4v) is 3.80. The number of aromatic nitrogens is 2. The number of hydrogen-bond donors (Lipinski definition) is 2. The third-order valence-electron chi connectivity index (χ3n) is 3.54. The van der Waals surface area contributed by atoms with E-state index in [-0.39, 0.29) is 5.13 Å². The molecule has 8 nitrogen and oxygen atoms in total. The van der Waals surface area contributed by atoms with E-state index < -0.39 is 32.7 Å². The lowest BCUT2D eigenvalue weighted by atomic mass is 10.2. The van der Waals surface area contributed by atoms with Gasteiger partial charge in [-0.1, -0.05) is 30.4 Å². The van der Waals surface area contributed by atoms with Crippen LogP contribution in [0.1, 0.15) is 24.4 Å². The van der Waals surface area contributed by atoms with E-state index in [1.54, 1.807) is 18.2 Å². The number of nitrogens with one attached hydrogen (secondary N) is 2. The zero-order valence-corrected chi connectivity index (χ0v) is 16.3. The highest BCUT2D eigenvalue weighted by molar-refractivity contribution is 7.93. The molecule has 1 atom stereocenters. The molecule has 1 aromatic heterocycles. The summed E-state index contributed by atoms with van der Waals surface area (Å²) in [6.45, 7) is 4.99. The van der Waals surface area contributed by atoms with Crippen LogP contribution in [0.5, 0.6) is 0 Å². The number of carbonyl (C=O) groups is 2. The van der Waals surface area contributed by atoms with Gasteiger partial charge in [0, 0.05) is 5.69 Å². The van der Waals surface area contributed by atoms with Gasteiger partial charge in [0.05, 0.1) is 0 Å². The van der Waals surface area contributed by atoms with Crippen molar-refractivity contribution < 1.29 is 18.0 Å². The van der Waals surface area contributed by atoms with Crippen molar-refractivity contribution in [2.75, 3.05) is 16.4 Å². The highest BCUT2D eigenvalue weighted by Gasteiger charge is 2.31. The zero-order chi connectivity index (χ0) is 19.3. The number of carbonyl (C=O) groups excluding carboxylic acids is 2. The third-order valence-corrected chi connectivity index (χ3v) is 6.48. The van der Waals surface area contributed by atoms with E-state index in [0.29, 0.717) is 12.1 Å². The predicted octanol–water partition coefficient (Wildman–Crippen LogP) is 1.79. The molecule has 0 fully saturated rings. The van der Waals surface area contributed by atoms with Crippen molar-refractivity contribution in [1.29, 1.82) is 0 Å². The Morgan fingerprint density at radius 3 is 2.58 bits per heavy atom. The van der Waals surface area contributed by atoms with Crippen LogP contribution in [0.15, 0.2) is 24.3 Å². The average molecular weight is 396 g/mol. The maximum atomic E-state index is 12.3. The van der Waals surface area contributed by atoms with Crippen LogP contribution in [0.3, 0.4) is 0 Å². The van der Waals surface area contributed by atoms with Gasteiger partial charge in [-0.05, 0) is 38.0 Å². The van der Waals surface area contributed by atoms with Gasteiger partial charge in [0.15, 0.2) is 9.84 Å². The van der Waals surface area contributed by atoms with Crippen LogP contribution in [-0.4, -0.2) is 41.4 Å². The topological polar surface area (TPSA) is 118 Å². The smallest absolute Gasteiger partial charge is 0.244 e. The number of sulfone groups is 1. The summed E-state index contributed by atoms with van der Waals surface area (Å²) < 4.78 is 24.7. The molecule has 1 aromatic carbocycles. The third kappa shape index (κ3) is 5.33. The molecule has 0 aliphatic rings. The van der Waals surface area contributed by atoms with Crippen molar-refractivity contribution in [2.45, 2.75) is 32.4 Å². The molecule has 1 heterocycles. The molecule has 2 amide bonds. The van der Waals surface area contributed by atoms with Gasteiger partial charge < -0.3 is 5.32 Å². The second-order valence-electron chi connectivity index (χ2n) is 5.71. The fourth-order valence-electron chi connectivity index (χ4n) is 2.04. The first-order valence-corrected chi connectivity index (χ1v) is 10.5. The second kappa shape index (κ2) is 8.37. The summed E-state index contributed by atoms with van der Waals surface area (Å²) in [6, 6.07) is 6.99. The van der Waals surface area contributed by atoms with Gasteiger partial charge in [-0.3, -0.25) is 14.9 Å². The molecule has 26 heavy (non-hydrogen) atoms. The molecule has 10 heteroatoms. The van der Waals surface area contributed by atoms with E-state index in [1.807, 2.05) is 19.9 Å². The van der Waals surface area contributed by atoms with Gasteiger partial charge in [-0.15, -0.1) is 10.2 Å². The lowest BCUT2D eigenvalue weighted by molar-refractivity contribution is -0.115. The van der Waals surface area contributed by atoms with Gasteiger partial charge in [0.1, 0.15) is 16.0 Å². The van der Waals surface area contributed by atoms with E-state index in [4.69, 9.17) is 0 Å². The highest BCUT2D eigenvalue weighted by atomic mass is 32.2. The van der Waals surface area contributed by atoms with Crippen LogP contribution in [0, 0.1) is 6.92 Å². The number of rotatable bonds is 7. The average Bonchev–Trinajstić information content (AvgIpc) is 3.01. The lowest BCUT2D eigenvalue weighted by Crippen LogP contribution is -2.37. The summed E-state index contributed by atoms with van der Waals surface area (Å²) in [5.41, 5.74) is 1.44. The van der Waals surface area contributed by atoms with Crippen molar-refractivity contribution in [2.24, 2.45) is 0 Å². The Kier molecular flexibility index (Phi) is 6.43. The lowest BCUT2D eigenvalue weighted by Gasteiger charge is -2.12. The van der Waals surface area contributed by atoms with Gasteiger partial charge in [0.25, 0.3) is 0 Å². The maximum Gasteiger partial charge on any atom is 0.244 e. The zero-order valence-electron chi connectivity index (χ0n) is 14.6. The number of anilines is 2.